The molecule has 2 aromatic rings. The molecule has 0 aliphatic carbocycles. The fourth-order valence-electron chi connectivity index (χ4n) is 1.85. The number of halogens is 7. The van der Waals surface area contributed by atoms with Crippen molar-refractivity contribution in [2.45, 2.75) is 6.92 Å². The highest BCUT2D eigenvalue weighted by atomic mass is 19.2. The molecule has 2 aromatic carbocycles. The summed E-state index contributed by atoms with van der Waals surface area (Å²) in [5, 5.41) is 0. The standard InChI is InChI=1S/C13H6BF7/c1-4-5(15)2-6(16)9(11(4)19)14-10-7(17)3-8(18)12(20)13(10)21/h2-3,14H,1H3. The van der Waals surface area contributed by atoms with Gasteiger partial charge in [-0.05, 0) is 17.8 Å². The highest BCUT2D eigenvalue weighted by Gasteiger charge is 2.24. The molecule has 0 aromatic heterocycles. The van der Waals surface area contributed by atoms with Gasteiger partial charge in [0.15, 0.2) is 17.5 Å². The molecule has 0 radical (unpaired) electrons. The number of hydrogen-bond acceptors (Lipinski definition) is 0. The highest BCUT2D eigenvalue weighted by molar-refractivity contribution is 6.67. The third-order valence-electron chi connectivity index (χ3n) is 3.06. The van der Waals surface area contributed by atoms with Crippen LogP contribution in [0.1, 0.15) is 5.56 Å². The second-order valence-electron chi connectivity index (χ2n) is 4.38. The smallest absolute Gasteiger partial charge is 0.207 e. The maximum Gasteiger partial charge on any atom is 0.207 e. The molecular weight excluding hydrogens is 300 g/mol. The van der Waals surface area contributed by atoms with E-state index >= 15 is 0 Å². The van der Waals surface area contributed by atoms with E-state index in [4.69, 9.17) is 0 Å². The van der Waals surface area contributed by atoms with Crippen LogP contribution < -0.4 is 10.9 Å². The van der Waals surface area contributed by atoms with Crippen molar-refractivity contribution >= 4 is 18.2 Å². The normalized spacial score (nSPS) is 10.9. The van der Waals surface area contributed by atoms with Crippen molar-refractivity contribution in [3.8, 4) is 0 Å². The van der Waals surface area contributed by atoms with Gasteiger partial charge in [0.1, 0.15) is 23.3 Å². The molecule has 0 N–H and O–H groups in total. The number of hydrogen-bond donors (Lipinski definition) is 0. The highest BCUT2D eigenvalue weighted by Crippen LogP contribution is 2.13. The first-order valence-corrected chi connectivity index (χ1v) is 5.68. The van der Waals surface area contributed by atoms with Gasteiger partial charge in [0.2, 0.25) is 7.28 Å². The summed E-state index contributed by atoms with van der Waals surface area (Å²) in [6.45, 7) is 1.01. The summed E-state index contributed by atoms with van der Waals surface area (Å²) in [7, 11) is -1.02. The van der Waals surface area contributed by atoms with Crippen LogP contribution in [0.15, 0.2) is 12.1 Å². The van der Waals surface area contributed by atoms with Gasteiger partial charge in [-0.1, -0.05) is 0 Å². The van der Waals surface area contributed by atoms with E-state index in [2.05, 4.69) is 0 Å². The summed E-state index contributed by atoms with van der Waals surface area (Å²) in [5.74, 6) is -11.0. The monoisotopic (exact) mass is 306 g/mol. The van der Waals surface area contributed by atoms with Crippen molar-refractivity contribution < 1.29 is 30.7 Å². The van der Waals surface area contributed by atoms with E-state index in [9.17, 15) is 30.7 Å². The molecule has 0 saturated heterocycles. The van der Waals surface area contributed by atoms with E-state index in [1.165, 1.54) is 0 Å². The largest absolute Gasteiger partial charge is 0.207 e. The zero-order valence-corrected chi connectivity index (χ0v) is 10.5. The predicted molar refractivity (Wildman–Crippen MR) is 63.7 cm³/mol. The van der Waals surface area contributed by atoms with Crippen molar-refractivity contribution in [2.75, 3.05) is 0 Å². The van der Waals surface area contributed by atoms with Gasteiger partial charge in [-0.3, -0.25) is 0 Å². The average molecular weight is 306 g/mol. The molecule has 0 atom stereocenters. The zero-order valence-electron chi connectivity index (χ0n) is 10.5. The summed E-state index contributed by atoms with van der Waals surface area (Å²) in [6, 6.07) is 0.420. The lowest BCUT2D eigenvalue weighted by molar-refractivity contribution is 0.440. The molecule has 0 aliphatic rings. The Morgan fingerprint density at radius 2 is 1.10 bits per heavy atom. The van der Waals surface area contributed by atoms with E-state index in [1.54, 1.807) is 0 Å². The van der Waals surface area contributed by atoms with E-state index in [0.717, 1.165) is 6.92 Å². The van der Waals surface area contributed by atoms with Crippen LogP contribution in [0.2, 0.25) is 0 Å². The molecule has 0 aliphatic heterocycles. The summed E-state index contributed by atoms with van der Waals surface area (Å²) >= 11 is 0. The van der Waals surface area contributed by atoms with E-state index in [-0.39, 0.29) is 6.07 Å². The Labute approximate surface area is 115 Å². The quantitative estimate of drug-likeness (QED) is 0.346. The number of benzene rings is 2. The molecule has 0 bridgehead atoms. The molecule has 8 heteroatoms. The van der Waals surface area contributed by atoms with Crippen LogP contribution in [-0.2, 0) is 0 Å². The van der Waals surface area contributed by atoms with Crippen molar-refractivity contribution in [3.63, 3.8) is 0 Å². The summed E-state index contributed by atoms with van der Waals surface area (Å²) in [5.41, 5.74) is -2.43. The van der Waals surface area contributed by atoms with Gasteiger partial charge in [0.05, 0.1) is 0 Å². The molecule has 0 spiro atoms. The molecule has 0 amide bonds. The van der Waals surface area contributed by atoms with Crippen molar-refractivity contribution in [1.29, 1.82) is 0 Å². The lowest BCUT2D eigenvalue weighted by atomic mass is 9.62. The minimum absolute atomic E-state index is 0.0694. The molecule has 110 valence electrons. The zero-order chi connectivity index (χ0) is 15.9. The summed E-state index contributed by atoms with van der Waals surface area (Å²) in [6.07, 6.45) is 0. The molecule has 0 unspecified atom stereocenters. The topological polar surface area (TPSA) is 0 Å². The molecule has 0 fully saturated rings. The Bertz CT molecular complexity index is 666. The Hall–Kier alpha value is -1.99. The second kappa shape index (κ2) is 5.42. The van der Waals surface area contributed by atoms with Crippen molar-refractivity contribution in [3.05, 3.63) is 58.4 Å². The Morgan fingerprint density at radius 1 is 0.619 bits per heavy atom. The fourth-order valence-corrected chi connectivity index (χ4v) is 1.85. The summed E-state index contributed by atoms with van der Waals surface area (Å²) < 4.78 is 93.2. The van der Waals surface area contributed by atoms with Crippen LogP contribution in [0.5, 0.6) is 0 Å². The van der Waals surface area contributed by atoms with Crippen molar-refractivity contribution in [2.24, 2.45) is 0 Å². The van der Waals surface area contributed by atoms with Crippen LogP contribution in [0.25, 0.3) is 0 Å². The minimum Gasteiger partial charge on any atom is -0.207 e. The fraction of sp³-hybridized carbons (Fsp3) is 0.0769. The Morgan fingerprint density at radius 3 is 1.67 bits per heavy atom. The van der Waals surface area contributed by atoms with Gasteiger partial charge in [-0.25, -0.2) is 30.7 Å². The lowest BCUT2D eigenvalue weighted by Crippen LogP contribution is -2.38. The SMILES string of the molecule is Cc1c(F)cc(F)c(Bc2c(F)cc(F)c(F)c2F)c1F. The Kier molecular flexibility index (Phi) is 3.98. The van der Waals surface area contributed by atoms with Crippen LogP contribution in [-0.4, -0.2) is 7.28 Å². The first-order chi connectivity index (χ1) is 9.73. The third-order valence-corrected chi connectivity index (χ3v) is 3.06. The molecule has 0 heterocycles. The molecular formula is C13H6BF7. The first-order valence-electron chi connectivity index (χ1n) is 5.68. The van der Waals surface area contributed by atoms with E-state index in [1.807, 2.05) is 0 Å². The lowest BCUT2D eigenvalue weighted by Gasteiger charge is -2.10. The second-order valence-corrected chi connectivity index (χ2v) is 4.38. The third kappa shape index (κ3) is 2.62. The van der Waals surface area contributed by atoms with Gasteiger partial charge in [-0.15, -0.1) is 0 Å². The van der Waals surface area contributed by atoms with Gasteiger partial charge in [0, 0.05) is 17.7 Å². The molecule has 0 nitrogen and oxygen atoms in total. The van der Waals surface area contributed by atoms with Crippen LogP contribution >= 0.6 is 0 Å². The van der Waals surface area contributed by atoms with Gasteiger partial charge >= 0.3 is 0 Å². The van der Waals surface area contributed by atoms with E-state index < -0.39 is 64.5 Å². The summed E-state index contributed by atoms with van der Waals surface area (Å²) in [4.78, 5) is 0. The maximum absolute atomic E-state index is 13.8. The maximum atomic E-state index is 13.8. The Balaban J connectivity index is 2.59. The van der Waals surface area contributed by atoms with Gasteiger partial charge in [-0.2, -0.15) is 0 Å². The molecule has 21 heavy (non-hydrogen) atoms. The molecule has 2 rings (SSSR count). The van der Waals surface area contributed by atoms with Gasteiger partial charge < -0.3 is 0 Å². The van der Waals surface area contributed by atoms with Crippen LogP contribution in [0, 0.1) is 47.6 Å². The number of rotatable bonds is 2. The van der Waals surface area contributed by atoms with Crippen LogP contribution in [0.3, 0.4) is 0 Å². The minimum atomic E-state index is -1.95. The predicted octanol–water partition coefficient (Wildman–Crippen LogP) is 2.36. The van der Waals surface area contributed by atoms with Crippen molar-refractivity contribution in [1.82, 2.24) is 0 Å². The van der Waals surface area contributed by atoms with E-state index in [0.29, 0.717) is 6.07 Å². The van der Waals surface area contributed by atoms with Gasteiger partial charge in [0.25, 0.3) is 0 Å². The van der Waals surface area contributed by atoms with Crippen LogP contribution in [0.4, 0.5) is 30.7 Å². The average Bonchev–Trinajstić information content (AvgIpc) is 2.42. The molecule has 0 saturated carbocycles. The first kappa shape index (κ1) is 15.4.